The van der Waals surface area contributed by atoms with Gasteiger partial charge >= 0.3 is 0 Å². The van der Waals surface area contributed by atoms with Crippen LogP contribution in [0, 0.1) is 0 Å². The van der Waals surface area contributed by atoms with Gasteiger partial charge in [-0.3, -0.25) is 4.79 Å². The zero-order valence-electron chi connectivity index (χ0n) is 10.1. The molecule has 3 heteroatoms. The number of amides is 1. The van der Waals surface area contributed by atoms with E-state index in [4.69, 9.17) is 0 Å². The maximum atomic E-state index is 11.9. The molecule has 0 radical (unpaired) electrons. The third-order valence-electron chi connectivity index (χ3n) is 3.17. The van der Waals surface area contributed by atoms with Gasteiger partial charge in [0, 0.05) is 25.9 Å². The van der Waals surface area contributed by atoms with Gasteiger partial charge in [0.1, 0.15) is 5.78 Å². The first-order chi connectivity index (χ1) is 8.16. The van der Waals surface area contributed by atoms with Crippen LogP contribution in [0.15, 0.2) is 24.3 Å². The predicted octanol–water partition coefficient (Wildman–Crippen LogP) is 1.94. The fourth-order valence-corrected chi connectivity index (χ4v) is 2.15. The lowest BCUT2D eigenvalue weighted by Crippen LogP contribution is -2.35. The van der Waals surface area contributed by atoms with Crippen LogP contribution >= 0.6 is 0 Å². The van der Waals surface area contributed by atoms with E-state index in [2.05, 4.69) is 12.1 Å². The number of hydrogen-bond acceptors (Lipinski definition) is 2. The third kappa shape index (κ3) is 2.93. The lowest BCUT2D eigenvalue weighted by molar-refractivity contribution is -0.133. The Morgan fingerprint density at radius 2 is 1.88 bits per heavy atom. The zero-order chi connectivity index (χ0) is 12.3. The topological polar surface area (TPSA) is 37.4 Å². The van der Waals surface area contributed by atoms with Crippen LogP contribution in [-0.4, -0.2) is 23.1 Å². The average molecular weight is 231 g/mol. The molecule has 1 amide bonds. The Kier molecular flexibility index (Phi) is 3.57. The number of carbonyl (C=O) groups excluding carboxylic acids is 2. The van der Waals surface area contributed by atoms with Crippen LogP contribution < -0.4 is 0 Å². The molecular formula is C14H17NO2. The van der Waals surface area contributed by atoms with E-state index in [0.717, 1.165) is 13.0 Å². The highest BCUT2D eigenvalue weighted by atomic mass is 16.2. The molecule has 0 fully saturated rings. The summed E-state index contributed by atoms with van der Waals surface area (Å²) in [6, 6.07) is 8.22. The quantitative estimate of drug-likeness (QED) is 0.797. The highest BCUT2D eigenvalue weighted by Crippen LogP contribution is 2.19. The molecular weight excluding hydrogens is 214 g/mol. The van der Waals surface area contributed by atoms with Gasteiger partial charge in [-0.05, 0) is 24.5 Å². The minimum Gasteiger partial charge on any atom is -0.338 e. The smallest absolute Gasteiger partial charge is 0.223 e. The summed E-state index contributed by atoms with van der Waals surface area (Å²) in [5.41, 5.74) is 2.57. The average Bonchev–Trinajstić information content (AvgIpc) is 2.35. The van der Waals surface area contributed by atoms with Crippen LogP contribution in [0.1, 0.15) is 30.9 Å². The summed E-state index contributed by atoms with van der Waals surface area (Å²) in [5, 5.41) is 0. The van der Waals surface area contributed by atoms with Crippen LogP contribution in [0.5, 0.6) is 0 Å². The van der Waals surface area contributed by atoms with Gasteiger partial charge in [-0.25, -0.2) is 0 Å². The van der Waals surface area contributed by atoms with Crippen LogP contribution in [0.2, 0.25) is 0 Å². The first-order valence-electron chi connectivity index (χ1n) is 6.01. The number of ketones is 1. The summed E-state index contributed by atoms with van der Waals surface area (Å²) in [5.74, 6) is 0.172. The lowest BCUT2D eigenvalue weighted by Gasteiger charge is -2.28. The molecule has 0 saturated carbocycles. The van der Waals surface area contributed by atoms with Gasteiger partial charge in [-0.15, -0.1) is 0 Å². The highest BCUT2D eigenvalue weighted by Gasteiger charge is 2.19. The van der Waals surface area contributed by atoms with E-state index in [1.165, 1.54) is 18.1 Å². The van der Waals surface area contributed by atoms with E-state index in [0.29, 0.717) is 19.4 Å². The number of rotatable bonds is 3. The van der Waals surface area contributed by atoms with Crippen molar-refractivity contribution in [1.29, 1.82) is 0 Å². The maximum absolute atomic E-state index is 11.9. The maximum Gasteiger partial charge on any atom is 0.223 e. The van der Waals surface area contributed by atoms with Crippen molar-refractivity contribution in [1.82, 2.24) is 4.90 Å². The Bertz CT molecular complexity index is 440. The SMILES string of the molecule is CC(=O)CCC(=O)N1CCc2ccccc2C1. The molecule has 0 unspecified atom stereocenters. The molecule has 0 aromatic heterocycles. The Balaban J connectivity index is 1.97. The van der Waals surface area contributed by atoms with Gasteiger partial charge in [-0.2, -0.15) is 0 Å². The van der Waals surface area contributed by atoms with Gasteiger partial charge in [-0.1, -0.05) is 24.3 Å². The molecule has 0 aliphatic carbocycles. The van der Waals surface area contributed by atoms with Crippen molar-refractivity contribution < 1.29 is 9.59 Å². The van der Waals surface area contributed by atoms with Crippen molar-refractivity contribution in [3.05, 3.63) is 35.4 Å². The molecule has 0 bridgehead atoms. The Labute approximate surface area is 101 Å². The molecule has 2 rings (SSSR count). The second-order valence-electron chi connectivity index (χ2n) is 4.54. The largest absolute Gasteiger partial charge is 0.338 e. The Hall–Kier alpha value is -1.64. The highest BCUT2D eigenvalue weighted by molar-refractivity contribution is 5.83. The van der Waals surface area contributed by atoms with E-state index in [1.807, 2.05) is 17.0 Å². The lowest BCUT2D eigenvalue weighted by atomic mass is 9.99. The van der Waals surface area contributed by atoms with Gasteiger partial charge in [0.15, 0.2) is 0 Å². The fraction of sp³-hybridized carbons (Fsp3) is 0.429. The van der Waals surface area contributed by atoms with Crippen molar-refractivity contribution in [2.45, 2.75) is 32.7 Å². The summed E-state index contributed by atoms with van der Waals surface area (Å²) in [4.78, 5) is 24.6. The predicted molar refractivity (Wildman–Crippen MR) is 65.5 cm³/mol. The second kappa shape index (κ2) is 5.13. The summed E-state index contributed by atoms with van der Waals surface area (Å²) in [6.45, 7) is 2.99. The second-order valence-corrected chi connectivity index (χ2v) is 4.54. The number of nitrogens with zero attached hydrogens (tertiary/aromatic N) is 1. The molecule has 0 spiro atoms. The van der Waals surface area contributed by atoms with Crippen LogP contribution in [0.3, 0.4) is 0 Å². The van der Waals surface area contributed by atoms with Gasteiger partial charge in [0.05, 0.1) is 0 Å². The molecule has 17 heavy (non-hydrogen) atoms. The monoisotopic (exact) mass is 231 g/mol. The summed E-state index contributed by atoms with van der Waals surface area (Å²) in [6.07, 6.45) is 1.62. The molecule has 90 valence electrons. The molecule has 1 aromatic carbocycles. The molecule has 0 atom stereocenters. The minimum atomic E-state index is 0.0794. The normalized spacial score (nSPS) is 14.3. The van der Waals surface area contributed by atoms with Crippen LogP contribution in [-0.2, 0) is 22.6 Å². The first kappa shape index (κ1) is 11.8. The standard InChI is InChI=1S/C14H17NO2/c1-11(16)6-7-14(17)15-9-8-12-4-2-3-5-13(12)10-15/h2-5H,6-10H2,1H3. The van der Waals surface area contributed by atoms with E-state index < -0.39 is 0 Å². The summed E-state index contributed by atoms with van der Waals surface area (Å²) >= 11 is 0. The number of hydrogen-bond donors (Lipinski definition) is 0. The molecule has 1 aliphatic rings. The number of benzene rings is 1. The van der Waals surface area contributed by atoms with Gasteiger partial charge in [0.25, 0.3) is 0 Å². The van der Waals surface area contributed by atoms with Gasteiger partial charge < -0.3 is 9.69 Å². The van der Waals surface area contributed by atoms with Crippen LogP contribution in [0.4, 0.5) is 0 Å². The van der Waals surface area contributed by atoms with Crippen molar-refractivity contribution in [2.75, 3.05) is 6.54 Å². The Morgan fingerprint density at radius 3 is 2.59 bits per heavy atom. The number of fused-ring (bicyclic) bond motifs is 1. The fourth-order valence-electron chi connectivity index (χ4n) is 2.15. The van der Waals surface area contributed by atoms with E-state index in [9.17, 15) is 9.59 Å². The minimum absolute atomic E-state index is 0.0794. The van der Waals surface area contributed by atoms with Crippen molar-refractivity contribution >= 4 is 11.7 Å². The van der Waals surface area contributed by atoms with E-state index in [1.54, 1.807) is 0 Å². The van der Waals surface area contributed by atoms with E-state index in [-0.39, 0.29) is 11.7 Å². The van der Waals surface area contributed by atoms with Gasteiger partial charge in [0.2, 0.25) is 5.91 Å². The zero-order valence-corrected chi connectivity index (χ0v) is 10.1. The number of Topliss-reactive ketones (excluding diaryl/α,β-unsaturated/α-hetero) is 1. The van der Waals surface area contributed by atoms with Crippen molar-refractivity contribution in [3.8, 4) is 0 Å². The molecule has 0 saturated heterocycles. The first-order valence-corrected chi connectivity index (χ1v) is 6.01. The molecule has 0 N–H and O–H groups in total. The van der Waals surface area contributed by atoms with E-state index >= 15 is 0 Å². The number of carbonyl (C=O) groups is 2. The summed E-state index contributed by atoms with van der Waals surface area (Å²) in [7, 11) is 0. The third-order valence-corrected chi connectivity index (χ3v) is 3.17. The molecule has 1 heterocycles. The molecule has 3 nitrogen and oxygen atoms in total. The molecule has 1 aliphatic heterocycles. The Morgan fingerprint density at radius 1 is 1.18 bits per heavy atom. The molecule has 1 aromatic rings. The summed E-state index contributed by atoms with van der Waals surface area (Å²) < 4.78 is 0. The van der Waals surface area contributed by atoms with Crippen LogP contribution in [0.25, 0.3) is 0 Å². The van der Waals surface area contributed by atoms with Crippen molar-refractivity contribution in [3.63, 3.8) is 0 Å². The van der Waals surface area contributed by atoms with Crippen molar-refractivity contribution in [2.24, 2.45) is 0 Å².